The first-order valence-electron chi connectivity index (χ1n) is 10.8. The van der Waals surface area contributed by atoms with Crippen molar-refractivity contribution in [3.8, 4) is 17.2 Å². The highest BCUT2D eigenvalue weighted by molar-refractivity contribution is 7.22. The average molecular weight is 462 g/mol. The lowest BCUT2D eigenvalue weighted by atomic mass is 10.1. The lowest BCUT2D eigenvalue weighted by molar-refractivity contribution is 0.0984. The highest BCUT2D eigenvalue weighted by atomic mass is 32.1. The summed E-state index contributed by atoms with van der Waals surface area (Å²) in [5.74, 6) is 1.82. The van der Waals surface area contributed by atoms with Gasteiger partial charge in [-0.15, -0.1) is 0 Å². The highest BCUT2D eigenvalue weighted by Gasteiger charge is 2.24. The first kappa shape index (κ1) is 22.8. The van der Waals surface area contributed by atoms with Crippen molar-refractivity contribution in [3.05, 3.63) is 78.4 Å². The van der Waals surface area contributed by atoms with Crippen LogP contribution in [0.3, 0.4) is 0 Å². The minimum atomic E-state index is -0.133. The quantitative estimate of drug-likeness (QED) is 0.320. The van der Waals surface area contributed by atoms with Gasteiger partial charge in [0.25, 0.3) is 5.91 Å². The Hall–Kier alpha value is -3.42. The molecule has 0 aliphatic carbocycles. The number of fused-ring (bicyclic) bond motifs is 1. The molecule has 0 bridgehead atoms. The van der Waals surface area contributed by atoms with Crippen molar-refractivity contribution < 1.29 is 14.3 Å². The second-order valence-corrected chi connectivity index (χ2v) is 8.86. The number of benzene rings is 3. The predicted molar refractivity (Wildman–Crippen MR) is 134 cm³/mol. The minimum Gasteiger partial charge on any atom is -0.497 e. The zero-order valence-electron chi connectivity index (χ0n) is 19.0. The van der Waals surface area contributed by atoms with E-state index < -0.39 is 0 Å². The summed E-state index contributed by atoms with van der Waals surface area (Å²) in [7, 11) is 5.69. The molecule has 0 saturated heterocycles. The number of rotatable bonds is 9. The Balaban J connectivity index is 1.68. The van der Waals surface area contributed by atoms with Crippen LogP contribution in [-0.2, 0) is 0 Å². The van der Waals surface area contributed by atoms with E-state index in [1.807, 2.05) is 80.8 Å². The Morgan fingerprint density at radius 1 is 0.939 bits per heavy atom. The van der Waals surface area contributed by atoms with Crippen molar-refractivity contribution in [1.29, 1.82) is 0 Å². The van der Waals surface area contributed by atoms with Gasteiger partial charge in [0.15, 0.2) is 5.13 Å². The molecular formula is C26H27N3O3S. The molecule has 3 aromatic carbocycles. The summed E-state index contributed by atoms with van der Waals surface area (Å²) >= 11 is 1.50. The third-order valence-electron chi connectivity index (χ3n) is 5.14. The van der Waals surface area contributed by atoms with Crippen molar-refractivity contribution >= 4 is 32.6 Å². The van der Waals surface area contributed by atoms with Crippen molar-refractivity contribution in [1.82, 2.24) is 9.88 Å². The zero-order valence-corrected chi connectivity index (χ0v) is 19.8. The standard InChI is InChI=1S/C26H27N3O3S/c1-28(2)16-9-17-29(26-27-22-18-20(31-3)14-15-24(22)33-26)25(30)21-12-7-8-13-23(21)32-19-10-5-4-6-11-19/h4-8,10-15,18H,9,16-17H2,1-3H3. The maximum Gasteiger partial charge on any atom is 0.263 e. The van der Waals surface area contributed by atoms with Gasteiger partial charge in [0.2, 0.25) is 0 Å². The summed E-state index contributed by atoms with van der Waals surface area (Å²) < 4.78 is 12.4. The normalized spacial score (nSPS) is 11.0. The second-order valence-electron chi connectivity index (χ2n) is 7.85. The van der Waals surface area contributed by atoms with Gasteiger partial charge in [-0.25, -0.2) is 4.98 Å². The molecule has 0 aliphatic heterocycles. The molecule has 1 amide bonds. The largest absolute Gasteiger partial charge is 0.497 e. The zero-order chi connectivity index (χ0) is 23.2. The molecule has 4 aromatic rings. The number of carbonyl (C=O) groups is 1. The molecule has 33 heavy (non-hydrogen) atoms. The summed E-state index contributed by atoms with van der Waals surface area (Å²) in [6.45, 7) is 1.41. The maximum atomic E-state index is 13.8. The number of methoxy groups -OCH3 is 1. The van der Waals surface area contributed by atoms with Crippen molar-refractivity contribution in [2.24, 2.45) is 0 Å². The Morgan fingerprint density at radius 2 is 1.70 bits per heavy atom. The summed E-state index contributed by atoms with van der Waals surface area (Å²) in [4.78, 5) is 22.4. The summed E-state index contributed by atoms with van der Waals surface area (Å²) in [6, 6.07) is 22.6. The average Bonchev–Trinajstić information content (AvgIpc) is 3.25. The van der Waals surface area contributed by atoms with Crippen LogP contribution in [0.4, 0.5) is 5.13 Å². The molecule has 0 fully saturated rings. The van der Waals surface area contributed by atoms with Gasteiger partial charge in [0.1, 0.15) is 17.2 Å². The third-order valence-corrected chi connectivity index (χ3v) is 6.19. The van der Waals surface area contributed by atoms with Gasteiger partial charge in [-0.05, 0) is 63.5 Å². The van der Waals surface area contributed by atoms with Crippen molar-refractivity contribution in [3.63, 3.8) is 0 Å². The van der Waals surface area contributed by atoms with Gasteiger partial charge in [-0.2, -0.15) is 0 Å². The highest BCUT2D eigenvalue weighted by Crippen LogP contribution is 2.33. The van der Waals surface area contributed by atoms with Crippen LogP contribution in [0.25, 0.3) is 10.2 Å². The van der Waals surface area contributed by atoms with E-state index in [1.165, 1.54) is 11.3 Å². The monoisotopic (exact) mass is 461 g/mol. The molecule has 170 valence electrons. The number of hydrogen-bond acceptors (Lipinski definition) is 6. The van der Waals surface area contributed by atoms with Crippen LogP contribution in [0, 0.1) is 0 Å². The van der Waals surface area contributed by atoms with Crippen molar-refractivity contribution in [2.75, 3.05) is 39.2 Å². The van der Waals surface area contributed by atoms with Crippen LogP contribution < -0.4 is 14.4 Å². The smallest absolute Gasteiger partial charge is 0.263 e. The van der Waals surface area contributed by atoms with Crippen LogP contribution in [-0.4, -0.2) is 50.1 Å². The molecule has 1 heterocycles. The van der Waals surface area contributed by atoms with Gasteiger partial charge >= 0.3 is 0 Å². The predicted octanol–water partition coefficient (Wildman–Crippen LogP) is 5.70. The minimum absolute atomic E-state index is 0.133. The number of thiazole rings is 1. The van der Waals surface area contributed by atoms with Gasteiger partial charge < -0.3 is 14.4 Å². The molecule has 4 rings (SSSR count). The summed E-state index contributed by atoms with van der Waals surface area (Å²) in [5, 5.41) is 0.663. The number of nitrogens with zero attached hydrogens (tertiary/aromatic N) is 3. The van der Waals surface area contributed by atoms with E-state index in [9.17, 15) is 4.79 Å². The van der Waals surface area contributed by atoms with Gasteiger partial charge in [-0.3, -0.25) is 9.69 Å². The molecule has 0 aliphatic rings. The first-order valence-corrected chi connectivity index (χ1v) is 11.6. The van der Waals surface area contributed by atoms with Crippen molar-refractivity contribution in [2.45, 2.75) is 6.42 Å². The molecule has 7 heteroatoms. The molecule has 6 nitrogen and oxygen atoms in total. The molecule has 0 spiro atoms. The van der Waals surface area contributed by atoms with Crippen LogP contribution in [0.1, 0.15) is 16.8 Å². The van der Waals surface area contributed by atoms with Gasteiger partial charge in [-0.1, -0.05) is 41.7 Å². The molecule has 0 saturated carbocycles. The second kappa shape index (κ2) is 10.5. The lowest BCUT2D eigenvalue weighted by Gasteiger charge is -2.22. The number of carbonyl (C=O) groups excluding carboxylic acids is 1. The number of anilines is 1. The van der Waals surface area contributed by atoms with E-state index in [1.54, 1.807) is 18.1 Å². The van der Waals surface area contributed by atoms with Crippen LogP contribution >= 0.6 is 11.3 Å². The van der Waals surface area contributed by atoms with E-state index in [-0.39, 0.29) is 5.91 Å². The number of para-hydroxylation sites is 2. The fourth-order valence-electron chi connectivity index (χ4n) is 3.46. The van der Waals surface area contributed by atoms with Gasteiger partial charge in [0.05, 0.1) is 22.9 Å². The van der Waals surface area contributed by atoms with Gasteiger partial charge in [0, 0.05) is 12.6 Å². The van der Waals surface area contributed by atoms with E-state index in [4.69, 9.17) is 14.5 Å². The van der Waals surface area contributed by atoms with E-state index in [0.29, 0.717) is 28.7 Å². The van der Waals surface area contributed by atoms with E-state index in [0.717, 1.165) is 28.9 Å². The Morgan fingerprint density at radius 3 is 2.45 bits per heavy atom. The van der Waals surface area contributed by atoms with Crippen LogP contribution in [0.5, 0.6) is 17.2 Å². The first-order chi connectivity index (χ1) is 16.0. The number of amides is 1. The molecule has 0 N–H and O–H groups in total. The molecule has 0 atom stereocenters. The molecule has 0 unspecified atom stereocenters. The van der Waals surface area contributed by atoms with Crippen LogP contribution in [0.2, 0.25) is 0 Å². The Kier molecular flexibility index (Phi) is 7.22. The number of hydrogen-bond donors (Lipinski definition) is 0. The SMILES string of the molecule is COc1ccc2sc(N(CCCN(C)C)C(=O)c3ccccc3Oc3ccccc3)nc2c1. The van der Waals surface area contributed by atoms with Crippen LogP contribution in [0.15, 0.2) is 72.8 Å². The molecule has 1 aromatic heterocycles. The Bertz CT molecular complexity index is 1220. The topological polar surface area (TPSA) is 54.9 Å². The summed E-state index contributed by atoms with van der Waals surface area (Å²) in [5.41, 5.74) is 1.32. The Labute approximate surface area is 198 Å². The summed E-state index contributed by atoms with van der Waals surface area (Å²) in [6.07, 6.45) is 0.819. The fourth-order valence-corrected chi connectivity index (χ4v) is 4.43. The third kappa shape index (κ3) is 5.50. The number of aromatic nitrogens is 1. The number of ether oxygens (including phenoxy) is 2. The lowest BCUT2D eigenvalue weighted by Crippen LogP contribution is -2.33. The maximum absolute atomic E-state index is 13.8. The molecule has 0 radical (unpaired) electrons. The fraction of sp³-hybridized carbons (Fsp3) is 0.231. The van der Waals surface area contributed by atoms with E-state index in [2.05, 4.69) is 4.90 Å². The molecular weight excluding hydrogens is 434 g/mol. The van der Waals surface area contributed by atoms with E-state index >= 15 is 0 Å².